The Kier molecular flexibility index (Phi) is 5.79. The number of fused-ring (bicyclic) bond motifs is 1. The zero-order chi connectivity index (χ0) is 20.5. The molecule has 0 saturated carbocycles. The molecule has 0 aliphatic carbocycles. The van der Waals surface area contributed by atoms with Gasteiger partial charge in [-0.05, 0) is 25.8 Å². The molecule has 0 radical (unpaired) electrons. The Bertz CT molecular complexity index is 995. The Hall–Kier alpha value is -2.35. The summed E-state index contributed by atoms with van der Waals surface area (Å²) < 4.78 is 30.8. The van der Waals surface area contributed by atoms with Crippen molar-refractivity contribution in [2.24, 2.45) is 7.05 Å². The van der Waals surface area contributed by atoms with Crippen molar-refractivity contribution < 1.29 is 22.7 Å². The maximum absolute atomic E-state index is 12.8. The van der Waals surface area contributed by atoms with E-state index in [1.165, 1.54) is 0 Å². The third-order valence-electron chi connectivity index (χ3n) is 5.40. The topological polar surface area (TPSA) is 85.7 Å². The third kappa shape index (κ3) is 4.06. The molecular formula is C20H26N2O5S. The molecular weight excluding hydrogens is 380 g/mol. The van der Waals surface area contributed by atoms with E-state index in [-0.39, 0.29) is 29.5 Å². The van der Waals surface area contributed by atoms with Gasteiger partial charge in [-0.2, -0.15) is 0 Å². The summed E-state index contributed by atoms with van der Waals surface area (Å²) in [5, 5.41) is 0.767. The van der Waals surface area contributed by atoms with Gasteiger partial charge in [0.05, 0.1) is 17.1 Å². The van der Waals surface area contributed by atoms with E-state index in [0.29, 0.717) is 18.4 Å². The lowest BCUT2D eigenvalue weighted by Gasteiger charge is -2.33. The summed E-state index contributed by atoms with van der Waals surface area (Å²) in [6, 6.07) is 6.99. The predicted octanol–water partition coefficient (Wildman–Crippen LogP) is 2.15. The molecule has 8 heteroatoms. The van der Waals surface area contributed by atoms with Gasteiger partial charge in [0.1, 0.15) is 0 Å². The molecule has 0 N–H and O–H groups in total. The molecule has 1 aliphatic rings. The zero-order valence-corrected chi connectivity index (χ0v) is 17.2. The first-order valence-corrected chi connectivity index (χ1v) is 11.3. The number of para-hydroxylation sites is 1. The fourth-order valence-corrected chi connectivity index (χ4v) is 5.50. The maximum atomic E-state index is 12.8. The highest BCUT2D eigenvalue weighted by molar-refractivity contribution is 7.91. The van der Waals surface area contributed by atoms with E-state index in [4.69, 9.17) is 4.74 Å². The van der Waals surface area contributed by atoms with Crippen molar-refractivity contribution >= 4 is 32.6 Å². The standard InChI is InChI=1S/C20H26N2O5S/c1-4-14(2)22(15-9-10-28(25,26)13-15)19(23)12-27-20(24)17-11-21(3)18-8-6-5-7-16(17)18/h5-8,11,14-15H,4,9-10,12-13H2,1-3H3/t14-,15+/m0/s1. The second-order valence-electron chi connectivity index (χ2n) is 7.36. The van der Waals surface area contributed by atoms with Gasteiger partial charge in [-0.1, -0.05) is 25.1 Å². The number of ether oxygens (including phenoxy) is 1. The van der Waals surface area contributed by atoms with Crippen molar-refractivity contribution in [3.8, 4) is 0 Å². The van der Waals surface area contributed by atoms with E-state index in [2.05, 4.69) is 0 Å². The number of hydrogen-bond donors (Lipinski definition) is 0. The van der Waals surface area contributed by atoms with Crippen LogP contribution < -0.4 is 0 Å². The van der Waals surface area contributed by atoms with Gasteiger partial charge in [0.15, 0.2) is 16.4 Å². The second kappa shape index (κ2) is 7.95. The first-order valence-electron chi connectivity index (χ1n) is 9.46. The van der Waals surface area contributed by atoms with Crippen molar-refractivity contribution in [3.63, 3.8) is 0 Å². The normalized spacial score (nSPS) is 19.5. The highest BCUT2D eigenvalue weighted by atomic mass is 32.2. The van der Waals surface area contributed by atoms with Crippen LogP contribution in [0.15, 0.2) is 30.5 Å². The van der Waals surface area contributed by atoms with Gasteiger partial charge >= 0.3 is 5.97 Å². The number of hydrogen-bond acceptors (Lipinski definition) is 5. The number of benzene rings is 1. The van der Waals surface area contributed by atoms with Crippen LogP contribution in [-0.2, 0) is 26.4 Å². The van der Waals surface area contributed by atoms with Gasteiger partial charge in [-0.15, -0.1) is 0 Å². The Morgan fingerprint density at radius 1 is 1.32 bits per heavy atom. The highest BCUT2D eigenvalue weighted by Gasteiger charge is 2.36. The Morgan fingerprint density at radius 3 is 2.68 bits per heavy atom. The number of nitrogens with zero attached hydrogens (tertiary/aromatic N) is 2. The van der Waals surface area contributed by atoms with E-state index < -0.39 is 22.4 Å². The lowest BCUT2D eigenvalue weighted by Crippen LogP contribution is -2.48. The molecule has 7 nitrogen and oxygen atoms in total. The van der Waals surface area contributed by atoms with Gasteiger partial charge in [0, 0.05) is 36.2 Å². The molecule has 2 heterocycles. The fourth-order valence-electron chi connectivity index (χ4n) is 3.78. The minimum absolute atomic E-state index is 0.0274. The van der Waals surface area contributed by atoms with Crippen molar-refractivity contribution in [1.29, 1.82) is 0 Å². The average Bonchev–Trinajstić information content (AvgIpc) is 3.19. The molecule has 1 fully saturated rings. The number of rotatable bonds is 6. The van der Waals surface area contributed by atoms with E-state index in [1.54, 1.807) is 11.1 Å². The lowest BCUT2D eigenvalue weighted by atomic mass is 10.1. The minimum atomic E-state index is -3.12. The molecule has 2 aromatic rings. The first-order chi connectivity index (χ1) is 13.2. The zero-order valence-electron chi connectivity index (χ0n) is 16.4. The maximum Gasteiger partial charge on any atom is 0.340 e. The van der Waals surface area contributed by atoms with Crippen LogP contribution in [0.3, 0.4) is 0 Å². The summed E-state index contributed by atoms with van der Waals surface area (Å²) in [6.45, 7) is 3.43. The SMILES string of the molecule is CC[C@H](C)N(C(=O)COC(=O)c1cn(C)c2ccccc12)[C@@H]1CCS(=O)(=O)C1. The first kappa shape index (κ1) is 20.4. The summed E-state index contributed by atoms with van der Waals surface area (Å²) in [4.78, 5) is 26.9. The van der Waals surface area contributed by atoms with Crippen molar-refractivity contribution in [3.05, 3.63) is 36.0 Å². The van der Waals surface area contributed by atoms with Gasteiger partial charge in [-0.25, -0.2) is 13.2 Å². The Balaban J connectivity index is 1.72. The Labute approximate surface area is 165 Å². The summed E-state index contributed by atoms with van der Waals surface area (Å²) in [6.07, 6.45) is 2.81. The molecule has 0 spiro atoms. The molecule has 152 valence electrons. The molecule has 1 aliphatic heterocycles. The van der Waals surface area contributed by atoms with Gasteiger partial charge in [0.25, 0.3) is 5.91 Å². The van der Waals surface area contributed by atoms with Crippen LogP contribution in [0.2, 0.25) is 0 Å². The monoisotopic (exact) mass is 406 g/mol. The van der Waals surface area contributed by atoms with Crippen molar-refractivity contribution in [2.75, 3.05) is 18.1 Å². The number of carbonyl (C=O) groups excluding carboxylic acids is 2. The Morgan fingerprint density at radius 2 is 2.04 bits per heavy atom. The molecule has 1 aromatic carbocycles. The quantitative estimate of drug-likeness (QED) is 0.686. The number of aryl methyl sites for hydroxylation is 1. The lowest BCUT2D eigenvalue weighted by molar-refractivity contribution is -0.138. The van der Waals surface area contributed by atoms with Crippen LogP contribution in [0.5, 0.6) is 0 Å². The molecule has 2 atom stereocenters. The average molecular weight is 407 g/mol. The predicted molar refractivity (Wildman–Crippen MR) is 107 cm³/mol. The second-order valence-corrected chi connectivity index (χ2v) is 9.59. The van der Waals surface area contributed by atoms with E-state index in [0.717, 1.165) is 10.9 Å². The molecule has 3 rings (SSSR count). The summed E-state index contributed by atoms with van der Waals surface area (Å²) in [5.74, 6) is -0.855. The van der Waals surface area contributed by atoms with Gasteiger partial charge < -0.3 is 14.2 Å². The van der Waals surface area contributed by atoms with Gasteiger partial charge in [0.2, 0.25) is 0 Å². The number of aromatic nitrogens is 1. The van der Waals surface area contributed by atoms with Crippen LogP contribution in [0.4, 0.5) is 0 Å². The van der Waals surface area contributed by atoms with E-state index >= 15 is 0 Å². The van der Waals surface area contributed by atoms with Crippen LogP contribution in [0.25, 0.3) is 10.9 Å². The molecule has 1 aromatic heterocycles. The summed E-state index contributed by atoms with van der Waals surface area (Å²) >= 11 is 0. The number of esters is 1. The van der Waals surface area contributed by atoms with Crippen molar-refractivity contribution in [2.45, 2.75) is 38.8 Å². The largest absolute Gasteiger partial charge is 0.452 e. The van der Waals surface area contributed by atoms with Crippen molar-refractivity contribution in [1.82, 2.24) is 9.47 Å². The van der Waals surface area contributed by atoms with Crippen LogP contribution in [-0.4, -0.2) is 60.0 Å². The van der Waals surface area contributed by atoms with E-state index in [1.807, 2.05) is 49.7 Å². The van der Waals surface area contributed by atoms with Crippen LogP contribution in [0, 0.1) is 0 Å². The minimum Gasteiger partial charge on any atom is -0.452 e. The molecule has 0 bridgehead atoms. The number of sulfone groups is 1. The molecule has 1 amide bonds. The van der Waals surface area contributed by atoms with Gasteiger partial charge in [-0.3, -0.25) is 4.79 Å². The van der Waals surface area contributed by atoms with Crippen LogP contribution in [0.1, 0.15) is 37.0 Å². The molecule has 1 saturated heterocycles. The van der Waals surface area contributed by atoms with E-state index in [9.17, 15) is 18.0 Å². The number of carbonyl (C=O) groups is 2. The summed E-state index contributed by atoms with van der Waals surface area (Å²) in [5.41, 5.74) is 1.31. The van der Waals surface area contributed by atoms with Crippen LogP contribution >= 0.6 is 0 Å². The number of amides is 1. The molecule has 0 unspecified atom stereocenters. The third-order valence-corrected chi connectivity index (χ3v) is 7.15. The summed E-state index contributed by atoms with van der Waals surface area (Å²) in [7, 11) is -1.27. The molecule has 28 heavy (non-hydrogen) atoms. The smallest absolute Gasteiger partial charge is 0.340 e. The highest BCUT2D eigenvalue weighted by Crippen LogP contribution is 2.23. The fraction of sp³-hybridized carbons (Fsp3) is 0.500.